The topological polar surface area (TPSA) is 69.0 Å². The molecule has 1 fully saturated rings. The third-order valence-corrected chi connectivity index (χ3v) is 5.08. The van der Waals surface area contributed by atoms with E-state index in [0.29, 0.717) is 18.4 Å². The lowest BCUT2D eigenvalue weighted by atomic mass is 9.85. The zero-order valence-electron chi connectivity index (χ0n) is 16.2. The van der Waals surface area contributed by atoms with E-state index >= 15 is 0 Å². The van der Waals surface area contributed by atoms with Gasteiger partial charge in [-0.3, -0.25) is 4.79 Å². The second kappa shape index (κ2) is 7.84. The first-order valence-electron chi connectivity index (χ1n) is 9.73. The molecule has 0 radical (unpaired) electrons. The van der Waals surface area contributed by atoms with Crippen LogP contribution in [0.15, 0.2) is 48.5 Å². The Bertz CT molecular complexity index is 992. The van der Waals surface area contributed by atoms with Gasteiger partial charge in [-0.1, -0.05) is 36.8 Å². The summed E-state index contributed by atoms with van der Waals surface area (Å²) < 4.78 is 7.32. The molecule has 1 aliphatic rings. The molecule has 1 N–H and O–H groups in total. The van der Waals surface area contributed by atoms with Gasteiger partial charge in [-0.05, 0) is 50.5 Å². The van der Waals surface area contributed by atoms with E-state index in [9.17, 15) is 4.79 Å². The number of carbonyl (C=O) groups excluding carboxylic acids is 1. The highest BCUT2D eigenvalue weighted by molar-refractivity contribution is 5.93. The fourth-order valence-electron chi connectivity index (χ4n) is 3.29. The second-order valence-electron chi connectivity index (χ2n) is 7.05. The second-order valence-corrected chi connectivity index (χ2v) is 7.05. The number of nitrogens with one attached hydrogen (secondary N) is 1. The minimum absolute atomic E-state index is 0.0936. The molecule has 0 bridgehead atoms. The van der Waals surface area contributed by atoms with Crippen LogP contribution in [0.3, 0.4) is 0 Å². The lowest BCUT2D eigenvalue weighted by Crippen LogP contribution is -2.28. The third-order valence-electron chi connectivity index (χ3n) is 5.08. The standard InChI is InChI=1S/C22H24N4O2/c1-3-28-22-24-20(19-13-5-4-8-15(19)2)26(25-22)18-12-7-11-17(14-18)23-21(27)16-9-6-10-16/h4-5,7-8,11-14,16H,3,6,9-10H2,1-2H3,(H,23,27). The van der Waals surface area contributed by atoms with Gasteiger partial charge >= 0.3 is 6.01 Å². The molecule has 4 rings (SSSR count). The predicted molar refractivity (Wildman–Crippen MR) is 109 cm³/mol. The smallest absolute Gasteiger partial charge is 0.336 e. The molecule has 1 amide bonds. The first-order chi connectivity index (χ1) is 13.7. The van der Waals surface area contributed by atoms with Crippen LogP contribution in [0.5, 0.6) is 6.01 Å². The normalized spacial score (nSPS) is 13.8. The molecule has 0 atom stereocenters. The summed E-state index contributed by atoms with van der Waals surface area (Å²) in [5, 5.41) is 7.57. The van der Waals surface area contributed by atoms with Crippen LogP contribution in [0.25, 0.3) is 17.1 Å². The number of benzene rings is 2. The Hall–Kier alpha value is -3.15. The van der Waals surface area contributed by atoms with Crippen molar-refractivity contribution in [2.45, 2.75) is 33.1 Å². The average molecular weight is 376 g/mol. The van der Waals surface area contributed by atoms with Crippen molar-refractivity contribution in [3.05, 3.63) is 54.1 Å². The number of hydrogen-bond donors (Lipinski definition) is 1. The van der Waals surface area contributed by atoms with Crippen molar-refractivity contribution in [3.8, 4) is 23.1 Å². The van der Waals surface area contributed by atoms with Crippen LogP contribution in [0.2, 0.25) is 0 Å². The summed E-state index contributed by atoms with van der Waals surface area (Å²) in [7, 11) is 0. The number of anilines is 1. The monoisotopic (exact) mass is 376 g/mol. The molecule has 1 aliphatic carbocycles. The van der Waals surface area contributed by atoms with E-state index in [4.69, 9.17) is 4.74 Å². The van der Waals surface area contributed by atoms with Gasteiger partial charge in [0.15, 0.2) is 5.82 Å². The molecule has 0 unspecified atom stereocenters. The predicted octanol–water partition coefficient (Wildman–Crippen LogP) is 4.38. The van der Waals surface area contributed by atoms with Gasteiger partial charge < -0.3 is 10.1 Å². The molecule has 28 heavy (non-hydrogen) atoms. The summed E-state index contributed by atoms with van der Waals surface area (Å²) in [5.41, 5.74) is 3.68. The van der Waals surface area contributed by atoms with Gasteiger partial charge in [0.2, 0.25) is 5.91 Å². The molecule has 6 nitrogen and oxygen atoms in total. The Morgan fingerprint density at radius 1 is 1.21 bits per heavy atom. The largest absolute Gasteiger partial charge is 0.463 e. The molecule has 0 saturated heterocycles. The Balaban J connectivity index is 1.71. The molecular formula is C22H24N4O2. The summed E-state index contributed by atoms with van der Waals surface area (Å²) in [4.78, 5) is 16.9. The maximum atomic E-state index is 12.3. The van der Waals surface area contributed by atoms with E-state index in [0.717, 1.165) is 41.8 Å². The molecule has 1 saturated carbocycles. The quantitative estimate of drug-likeness (QED) is 0.693. The van der Waals surface area contributed by atoms with Gasteiger partial charge in [0.05, 0.1) is 12.3 Å². The highest BCUT2D eigenvalue weighted by Gasteiger charge is 2.25. The number of aryl methyl sites for hydroxylation is 1. The van der Waals surface area contributed by atoms with Gasteiger partial charge in [-0.25, -0.2) is 4.68 Å². The van der Waals surface area contributed by atoms with E-state index in [1.807, 2.05) is 62.4 Å². The van der Waals surface area contributed by atoms with Crippen LogP contribution in [0.4, 0.5) is 5.69 Å². The van der Waals surface area contributed by atoms with Crippen LogP contribution in [-0.4, -0.2) is 27.3 Å². The number of aromatic nitrogens is 3. The van der Waals surface area contributed by atoms with Gasteiger partial charge in [0.25, 0.3) is 0 Å². The maximum Gasteiger partial charge on any atom is 0.336 e. The summed E-state index contributed by atoms with van der Waals surface area (Å²) in [6.45, 7) is 4.45. The van der Waals surface area contributed by atoms with E-state index in [-0.39, 0.29) is 11.8 Å². The number of nitrogens with zero attached hydrogens (tertiary/aromatic N) is 3. The highest BCUT2D eigenvalue weighted by atomic mass is 16.5. The fourth-order valence-corrected chi connectivity index (χ4v) is 3.29. The molecule has 1 heterocycles. The summed E-state index contributed by atoms with van der Waals surface area (Å²) in [6, 6.07) is 16.1. The molecule has 6 heteroatoms. The van der Waals surface area contributed by atoms with Crippen molar-refractivity contribution in [2.24, 2.45) is 5.92 Å². The Labute approximate surface area is 164 Å². The maximum absolute atomic E-state index is 12.3. The van der Waals surface area contributed by atoms with E-state index in [1.54, 1.807) is 4.68 Å². The first kappa shape index (κ1) is 18.2. The highest BCUT2D eigenvalue weighted by Crippen LogP contribution is 2.29. The molecule has 0 aliphatic heterocycles. The Morgan fingerprint density at radius 3 is 2.75 bits per heavy atom. The molecule has 1 aromatic heterocycles. The van der Waals surface area contributed by atoms with Crippen molar-refractivity contribution in [1.82, 2.24) is 14.8 Å². The van der Waals surface area contributed by atoms with Crippen molar-refractivity contribution in [2.75, 3.05) is 11.9 Å². The molecule has 3 aromatic rings. The van der Waals surface area contributed by atoms with Crippen LogP contribution in [-0.2, 0) is 4.79 Å². The fraction of sp³-hybridized carbons (Fsp3) is 0.318. The van der Waals surface area contributed by atoms with Crippen LogP contribution in [0.1, 0.15) is 31.7 Å². The molecule has 0 spiro atoms. The molecular weight excluding hydrogens is 352 g/mol. The number of rotatable bonds is 6. The average Bonchev–Trinajstić information content (AvgIpc) is 3.05. The Kier molecular flexibility index (Phi) is 5.10. The zero-order valence-corrected chi connectivity index (χ0v) is 16.2. The minimum Gasteiger partial charge on any atom is -0.463 e. The number of ether oxygens (including phenoxy) is 1. The van der Waals surface area contributed by atoms with E-state index in [1.165, 1.54) is 0 Å². The summed E-state index contributed by atoms with van der Waals surface area (Å²) in [5.74, 6) is 0.947. The van der Waals surface area contributed by atoms with Crippen LogP contribution < -0.4 is 10.1 Å². The van der Waals surface area contributed by atoms with Gasteiger partial charge in [0, 0.05) is 17.2 Å². The first-order valence-corrected chi connectivity index (χ1v) is 9.73. The lowest BCUT2D eigenvalue weighted by molar-refractivity contribution is -0.122. The van der Waals surface area contributed by atoms with Crippen LogP contribution in [0, 0.1) is 12.8 Å². The molecule has 2 aromatic carbocycles. The number of carbonyl (C=O) groups is 1. The van der Waals surface area contributed by atoms with E-state index in [2.05, 4.69) is 15.4 Å². The molecule has 144 valence electrons. The van der Waals surface area contributed by atoms with Gasteiger partial charge in [0.1, 0.15) is 0 Å². The van der Waals surface area contributed by atoms with Gasteiger partial charge in [-0.15, -0.1) is 5.10 Å². The number of amides is 1. The summed E-state index contributed by atoms with van der Waals surface area (Å²) >= 11 is 0. The van der Waals surface area contributed by atoms with E-state index < -0.39 is 0 Å². The lowest BCUT2D eigenvalue weighted by Gasteiger charge is -2.24. The Morgan fingerprint density at radius 2 is 2.04 bits per heavy atom. The minimum atomic E-state index is 0.0936. The zero-order chi connectivity index (χ0) is 19.5. The van der Waals surface area contributed by atoms with Crippen molar-refractivity contribution in [3.63, 3.8) is 0 Å². The van der Waals surface area contributed by atoms with Gasteiger partial charge in [-0.2, -0.15) is 4.98 Å². The van der Waals surface area contributed by atoms with Crippen molar-refractivity contribution in [1.29, 1.82) is 0 Å². The third kappa shape index (κ3) is 3.63. The summed E-state index contributed by atoms with van der Waals surface area (Å²) in [6.07, 6.45) is 3.09. The van der Waals surface area contributed by atoms with Crippen LogP contribution >= 0.6 is 0 Å². The van der Waals surface area contributed by atoms with Crippen molar-refractivity contribution < 1.29 is 9.53 Å². The van der Waals surface area contributed by atoms with Crippen molar-refractivity contribution >= 4 is 11.6 Å². The SMILES string of the molecule is CCOc1nc(-c2ccccc2C)n(-c2cccc(NC(=O)C3CCC3)c2)n1. The number of hydrogen-bond acceptors (Lipinski definition) is 4.